The molecule has 0 bridgehead atoms. The molecule has 7 heteroatoms. The Morgan fingerprint density at radius 1 is 1.26 bits per heavy atom. The van der Waals surface area contributed by atoms with Gasteiger partial charge in [-0.25, -0.2) is 9.97 Å². The van der Waals surface area contributed by atoms with E-state index in [1.54, 1.807) is 6.20 Å². The highest BCUT2D eigenvalue weighted by atomic mass is 16.5. The third kappa shape index (κ3) is 3.31. The van der Waals surface area contributed by atoms with Gasteiger partial charge < -0.3 is 9.84 Å². The van der Waals surface area contributed by atoms with Gasteiger partial charge in [0.2, 0.25) is 11.7 Å². The topological polar surface area (TPSA) is 85.3 Å². The van der Waals surface area contributed by atoms with E-state index in [-0.39, 0.29) is 12.3 Å². The number of rotatable bonds is 4. The maximum Gasteiger partial charge on any atom is 0.234 e. The van der Waals surface area contributed by atoms with E-state index in [1.807, 2.05) is 61.8 Å². The molecule has 4 rings (SSSR count). The number of anilines is 1. The molecule has 1 N–H and O–H groups in total. The number of imidazole rings is 1. The van der Waals surface area contributed by atoms with Crippen molar-refractivity contribution in [2.45, 2.75) is 27.2 Å². The van der Waals surface area contributed by atoms with Crippen molar-refractivity contribution in [2.24, 2.45) is 0 Å². The molecule has 136 valence electrons. The quantitative estimate of drug-likeness (QED) is 0.601. The molecule has 7 nitrogen and oxygen atoms in total. The molecule has 1 aromatic carbocycles. The van der Waals surface area contributed by atoms with E-state index in [0.29, 0.717) is 11.5 Å². The van der Waals surface area contributed by atoms with Gasteiger partial charge in [0.15, 0.2) is 0 Å². The zero-order valence-electron chi connectivity index (χ0n) is 15.4. The summed E-state index contributed by atoms with van der Waals surface area (Å²) < 4.78 is 7.00. The summed E-state index contributed by atoms with van der Waals surface area (Å²) in [5.74, 6) is 1.20. The number of nitrogens with one attached hydrogen (secondary N) is 1. The number of amides is 1. The molecule has 27 heavy (non-hydrogen) atoms. The number of hydrogen-bond acceptors (Lipinski definition) is 5. The predicted molar refractivity (Wildman–Crippen MR) is 101 cm³/mol. The Hall–Kier alpha value is -3.48. The molecule has 3 heterocycles. The average molecular weight is 361 g/mol. The molecule has 0 radical (unpaired) electrons. The van der Waals surface area contributed by atoms with Crippen LogP contribution in [0.25, 0.3) is 17.0 Å². The summed E-state index contributed by atoms with van der Waals surface area (Å²) in [6.07, 6.45) is 5.76. The van der Waals surface area contributed by atoms with Gasteiger partial charge >= 0.3 is 0 Å². The second-order valence-corrected chi connectivity index (χ2v) is 6.51. The zero-order valence-corrected chi connectivity index (χ0v) is 15.4. The lowest BCUT2D eigenvalue weighted by molar-refractivity contribution is -0.115. The van der Waals surface area contributed by atoms with Crippen LogP contribution in [-0.2, 0) is 11.2 Å². The molecule has 0 fully saturated rings. The van der Waals surface area contributed by atoms with Gasteiger partial charge in [0.25, 0.3) is 0 Å². The van der Waals surface area contributed by atoms with Gasteiger partial charge in [-0.2, -0.15) is 0 Å². The second kappa shape index (κ2) is 6.68. The molecular formula is C20H19N5O2. The molecule has 0 saturated heterocycles. The predicted octanol–water partition coefficient (Wildman–Crippen LogP) is 3.49. The maximum atomic E-state index is 12.5. The van der Waals surface area contributed by atoms with Crippen molar-refractivity contribution in [3.8, 4) is 11.3 Å². The van der Waals surface area contributed by atoms with Gasteiger partial charge in [0, 0.05) is 35.4 Å². The minimum absolute atomic E-state index is 0.110. The summed E-state index contributed by atoms with van der Waals surface area (Å²) in [6, 6.07) is 7.75. The van der Waals surface area contributed by atoms with Crippen LogP contribution in [0.15, 0.2) is 47.4 Å². The number of benzene rings is 1. The van der Waals surface area contributed by atoms with E-state index in [2.05, 4.69) is 20.4 Å². The Labute approximate surface area is 156 Å². The third-order valence-corrected chi connectivity index (χ3v) is 4.56. The molecule has 0 aliphatic heterocycles. The van der Waals surface area contributed by atoms with Gasteiger partial charge in [-0.1, -0.05) is 17.3 Å². The lowest BCUT2D eigenvalue weighted by Gasteiger charge is -2.10. The number of aromatic nitrogens is 4. The molecule has 0 spiro atoms. The lowest BCUT2D eigenvalue weighted by Crippen LogP contribution is -2.16. The van der Waals surface area contributed by atoms with Crippen LogP contribution in [0, 0.1) is 20.8 Å². The van der Waals surface area contributed by atoms with Gasteiger partial charge in [0.05, 0.1) is 17.8 Å². The Balaban J connectivity index is 1.59. The number of nitrogens with zero attached hydrogens (tertiary/aromatic N) is 4. The number of carbonyl (C=O) groups is 1. The standard InChI is InChI=1S/C20H19N5O2/c1-12-5-6-15(18-11-25-8-4-7-21-20(25)23-18)9-17(12)22-19(26)10-16-13(2)24-27-14(16)3/h4-9,11H,10H2,1-3H3,(H,22,26). The molecule has 1 amide bonds. The minimum Gasteiger partial charge on any atom is -0.361 e. The number of carbonyl (C=O) groups excluding carboxylic acids is 1. The highest BCUT2D eigenvalue weighted by Crippen LogP contribution is 2.25. The molecule has 0 aliphatic carbocycles. The van der Waals surface area contributed by atoms with Crippen LogP contribution in [0.1, 0.15) is 22.6 Å². The van der Waals surface area contributed by atoms with Crippen molar-refractivity contribution in [3.63, 3.8) is 0 Å². The number of aryl methyl sites for hydroxylation is 3. The third-order valence-electron chi connectivity index (χ3n) is 4.56. The number of fused-ring (bicyclic) bond motifs is 1. The van der Waals surface area contributed by atoms with Crippen LogP contribution in [0.5, 0.6) is 0 Å². The Morgan fingerprint density at radius 3 is 2.85 bits per heavy atom. The Bertz CT molecular complexity index is 1090. The van der Waals surface area contributed by atoms with Crippen molar-refractivity contribution >= 4 is 17.4 Å². The van der Waals surface area contributed by atoms with E-state index >= 15 is 0 Å². The van der Waals surface area contributed by atoms with Crippen LogP contribution in [0.4, 0.5) is 5.69 Å². The van der Waals surface area contributed by atoms with E-state index in [0.717, 1.165) is 33.8 Å². The van der Waals surface area contributed by atoms with Crippen molar-refractivity contribution < 1.29 is 9.32 Å². The van der Waals surface area contributed by atoms with E-state index in [1.165, 1.54) is 0 Å². The average Bonchev–Trinajstić information content (AvgIpc) is 3.22. The monoisotopic (exact) mass is 361 g/mol. The maximum absolute atomic E-state index is 12.5. The lowest BCUT2D eigenvalue weighted by atomic mass is 10.1. The first-order valence-electron chi connectivity index (χ1n) is 8.63. The Kier molecular flexibility index (Phi) is 4.19. The highest BCUT2D eigenvalue weighted by Gasteiger charge is 2.15. The first kappa shape index (κ1) is 17.0. The van der Waals surface area contributed by atoms with Crippen LogP contribution < -0.4 is 5.32 Å². The van der Waals surface area contributed by atoms with Crippen LogP contribution in [0.2, 0.25) is 0 Å². The van der Waals surface area contributed by atoms with Gasteiger partial charge in [-0.05, 0) is 38.5 Å². The molecular weight excluding hydrogens is 342 g/mol. The molecule has 3 aromatic heterocycles. The molecule has 0 unspecified atom stereocenters. The van der Waals surface area contributed by atoms with E-state index in [4.69, 9.17) is 4.52 Å². The Morgan fingerprint density at radius 2 is 2.11 bits per heavy atom. The van der Waals surface area contributed by atoms with Gasteiger partial charge in [-0.15, -0.1) is 0 Å². The first-order valence-corrected chi connectivity index (χ1v) is 8.63. The fraction of sp³-hybridized carbons (Fsp3) is 0.200. The molecule has 0 atom stereocenters. The summed E-state index contributed by atoms with van der Waals surface area (Å²) >= 11 is 0. The van der Waals surface area contributed by atoms with Crippen molar-refractivity contribution in [1.29, 1.82) is 0 Å². The fourth-order valence-electron chi connectivity index (χ4n) is 2.99. The van der Waals surface area contributed by atoms with Crippen LogP contribution >= 0.6 is 0 Å². The first-order chi connectivity index (χ1) is 13.0. The summed E-state index contributed by atoms with van der Waals surface area (Å²) in [7, 11) is 0. The van der Waals surface area contributed by atoms with Gasteiger partial charge in [0.1, 0.15) is 5.76 Å². The largest absolute Gasteiger partial charge is 0.361 e. The highest BCUT2D eigenvalue weighted by molar-refractivity contribution is 5.94. The SMILES string of the molecule is Cc1ccc(-c2cn3cccnc3n2)cc1NC(=O)Cc1c(C)noc1C. The van der Waals surface area contributed by atoms with Crippen LogP contribution in [0.3, 0.4) is 0 Å². The van der Waals surface area contributed by atoms with Gasteiger partial charge in [-0.3, -0.25) is 9.20 Å². The molecule has 4 aromatic rings. The van der Waals surface area contributed by atoms with Crippen molar-refractivity contribution in [2.75, 3.05) is 5.32 Å². The van der Waals surface area contributed by atoms with E-state index in [9.17, 15) is 4.79 Å². The number of hydrogen-bond donors (Lipinski definition) is 1. The van der Waals surface area contributed by atoms with E-state index < -0.39 is 0 Å². The van der Waals surface area contributed by atoms with Crippen molar-refractivity contribution in [3.05, 3.63) is 65.4 Å². The molecule has 0 saturated carbocycles. The zero-order chi connectivity index (χ0) is 19.0. The molecule has 0 aliphatic rings. The normalized spacial score (nSPS) is 11.1. The smallest absolute Gasteiger partial charge is 0.234 e. The van der Waals surface area contributed by atoms with Crippen LogP contribution in [-0.4, -0.2) is 25.4 Å². The minimum atomic E-state index is -0.110. The summed E-state index contributed by atoms with van der Waals surface area (Å²) in [6.45, 7) is 5.61. The summed E-state index contributed by atoms with van der Waals surface area (Å²) in [5.41, 5.74) is 5.02. The fourth-order valence-corrected chi connectivity index (χ4v) is 2.99. The van der Waals surface area contributed by atoms with Crippen molar-refractivity contribution in [1.82, 2.24) is 19.5 Å². The second-order valence-electron chi connectivity index (χ2n) is 6.51. The summed E-state index contributed by atoms with van der Waals surface area (Å²) in [4.78, 5) is 21.3. The summed E-state index contributed by atoms with van der Waals surface area (Å²) in [5, 5.41) is 6.89.